The third kappa shape index (κ3) is 5.17. The molecule has 2 aromatic rings. The average molecular weight is 395 g/mol. The molecule has 0 bridgehead atoms. The second-order valence-electron chi connectivity index (χ2n) is 7.70. The molecule has 154 valence electrons. The Kier molecular flexibility index (Phi) is 6.91. The molecule has 1 heterocycles. The van der Waals surface area contributed by atoms with E-state index in [1.807, 2.05) is 53.4 Å². The maximum absolute atomic E-state index is 12.7. The Morgan fingerprint density at radius 2 is 1.55 bits per heavy atom. The topological polar surface area (TPSA) is 49.9 Å². The minimum atomic E-state index is -0.0377. The van der Waals surface area contributed by atoms with Gasteiger partial charge in [0.15, 0.2) is 6.61 Å². The first-order valence-corrected chi connectivity index (χ1v) is 10.4. The summed E-state index contributed by atoms with van der Waals surface area (Å²) in [5.74, 6) is 1.20. The predicted octanol–water partition coefficient (Wildman–Crippen LogP) is 3.74. The van der Waals surface area contributed by atoms with Gasteiger partial charge >= 0.3 is 0 Å². The van der Waals surface area contributed by atoms with Crippen LogP contribution in [-0.2, 0) is 11.2 Å². The number of aryl methyl sites for hydroxylation is 1. The molecule has 29 heavy (non-hydrogen) atoms. The molecule has 1 saturated heterocycles. The van der Waals surface area contributed by atoms with Crippen molar-refractivity contribution in [1.29, 1.82) is 0 Å². The summed E-state index contributed by atoms with van der Waals surface area (Å²) in [5, 5.41) is 0. The zero-order valence-electron chi connectivity index (χ0n) is 17.6. The number of ether oxygens (including phenoxy) is 1. The molecule has 1 fully saturated rings. The molecule has 0 spiro atoms. The van der Waals surface area contributed by atoms with Crippen molar-refractivity contribution in [2.24, 2.45) is 0 Å². The summed E-state index contributed by atoms with van der Waals surface area (Å²) in [6, 6.07) is 15.6. The van der Waals surface area contributed by atoms with Crippen LogP contribution in [0.25, 0.3) is 0 Å². The van der Waals surface area contributed by atoms with Crippen molar-refractivity contribution in [1.82, 2.24) is 9.80 Å². The quantitative estimate of drug-likeness (QED) is 0.750. The summed E-state index contributed by atoms with van der Waals surface area (Å²) < 4.78 is 5.75. The number of hydrogen-bond donors (Lipinski definition) is 0. The molecule has 3 rings (SSSR count). The van der Waals surface area contributed by atoms with E-state index >= 15 is 0 Å². The first kappa shape index (κ1) is 20.9. The normalized spacial score (nSPS) is 14.2. The summed E-state index contributed by atoms with van der Waals surface area (Å²) in [6.45, 7) is 8.53. The van der Waals surface area contributed by atoms with Crippen molar-refractivity contribution < 1.29 is 14.3 Å². The highest BCUT2D eigenvalue weighted by Crippen LogP contribution is 2.19. The molecule has 0 radical (unpaired) electrons. The van der Waals surface area contributed by atoms with E-state index in [0.717, 1.165) is 17.7 Å². The molecular weight excluding hydrogens is 364 g/mol. The zero-order valence-corrected chi connectivity index (χ0v) is 17.6. The van der Waals surface area contributed by atoms with Crippen LogP contribution in [0, 0.1) is 0 Å². The molecular formula is C24H30N2O3. The second kappa shape index (κ2) is 9.59. The lowest BCUT2D eigenvalue weighted by Gasteiger charge is -2.34. The van der Waals surface area contributed by atoms with E-state index in [1.165, 1.54) is 5.56 Å². The van der Waals surface area contributed by atoms with Gasteiger partial charge in [-0.1, -0.05) is 51.1 Å². The molecule has 5 nitrogen and oxygen atoms in total. The number of amides is 2. The van der Waals surface area contributed by atoms with Gasteiger partial charge in [0.25, 0.3) is 11.8 Å². The summed E-state index contributed by atoms with van der Waals surface area (Å²) >= 11 is 0. The molecule has 2 aromatic carbocycles. The van der Waals surface area contributed by atoms with Crippen LogP contribution in [0.2, 0.25) is 0 Å². The average Bonchev–Trinajstić information content (AvgIpc) is 2.77. The summed E-state index contributed by atoms with van der Waals surface area (Å²) in [6.07, 6.45) is 0.864. The van der Waals surface area contributed by atoms with Crippen LogP contribution in [0.1, 0.15) is 48.2 Å². The summed E-state index contributed by atoms with van der Waals surface area (Å²) in [4.78, 5) is 28.9. The Bertz CT molecular complexity index is 837. The van der Waals surface area contributed by atoms with Gasteiger partial charge in [-0.25, -0.2) is 0 Å². The first-order chi connectivity index (χ1) is 14.0. The largest absolute Gasteiger partial charge is 0.483 e. The van der Waals surface area contributed by atoms with Crippen molar-refractivity contribution in [3.63, 3.8) is 0 Å². The molecule has 0 atom stereocenters. The van der Waals surface area contributed by atoms with Crippen molar-refractivity contribution >= 4 is 11.8 Å². The number of nitrogens with zero attached hydrogens (tertiary/aromatic N) is 2. The Hall–Kier alpha value is -2.82. The third-order valence-electron chi connectivity index (χ3n) is 5.45. The highest BCUT2D eigenvalue weighted by Gasteiger charge is 2.25. The van der Waals surface area contributed by atoms with E-state index in [4.69, 9.17) is 4.74 Å². The Morgan fingerprint density at radius 3 is 2.17 bits per heavy atom. The van der Waals surface area contributed by atoms with Crippen LogP contribution in [0.5, 0.6) is 5.75 Å². The molecule has 5 heteroatoms. The Morgan fingerprint density at radius 1 is 0.931 bits per heavy atom. The van der Waals surface area contributed by atoms with Crippen LogP contribution in [0.15, 0.2) is 48.5 Å². The molecule has 0 N–H and O–H groups in total. The van der Waals surface area contributed by atoms with Crippen LogP contribution in [0.3, 0.4) is 0 Å². The number of benzene rings is 2. The summed E-state index contributed by atoms with van der Waals surface area (Å²) in [5.41, 5.74) is 3.02. The predicted molar refractivity (Wildman–Crippen MR) is 114 cm³/mol. The van der Waals surface area contributed by atoms with Crippen LogP contribution < -0.4 is 4.74 Å². The molecule has 0 aromatic heterocycles. The molecule has 0 aliphatic carbocycles. The lowest BCUT2D eigenvalue weighted by atomic mass is 10.0. The van der Waals surface area contributed by atoms with E-state index in [-0.39, 0.29) is 18.4 Å². The van der Waals surface area contributed by atoms with Crippen LogP contribution >= 0.6 is 0 Å². The number of carbonyl (C=O) groups is 2. The molecule has 2 amide bonds. The van der Waals surface area contributed by atoms with Crippen molar-refractivity contribution in [3.05, 3.63) is 65.2 Å². The van der Waals surface area contributed by atoms with E-state index in [1.54, 1.807) is 4.90 Å². The summed E-state index contributed by atoms with van der Waals surface area (Å²) in [7, 11) is 0. The lowest BCUT2D eigenvalue weighted by Crippen LogP contribution is -2.51. The Balaban J connectivity index is 1.50. The van der Waals surface area contributed by atoms with Crippen LogP contribution in [0.4, 0.5) is 0 Å². The number of para-hydroxylation sites is 1. The van der Waals surface area contributed by atoms with Crippen LogP contribution in [-0.4, -0.2) is 54.4 Å². The van der Waals surface area contributed by atoms with Gasteiger partial charge in [0.1, 0.15) is 5.75 Å². The van der Waals surface area contributed by atoms with E-state index in [9.17, 15) is 9.59 Å². The fourth-order valence-electron chi connectivity index (χ4n) is 3.52. The van der Waals surface area contributed by atoms with E-state index in [2.05, 4.69) is 20.8 Å². The van der Waals surface area contributed by atoms with Crippen molar-refractivity contribution in [2.75, 3.05) is 32.8 Å². The maximum Gasteiger partial charge on any atom is 0.260 e. The van der Waals surface area contributed by atoms with Gasteiger partial charge in [-0.15, -0.1) is 0 Å². The van der Waals surface area contributed by atoms with Gasteiger partial charge in [-0.2, -0.15) is 0 Å². The van der Waals surface area contributed by atoms with E-state index < -0.39 is 0 Å². The van der Waals surface area contributed by atoms with Gasteiger partial charge in [-0.05, 0) is 41.7 Å². The van der Waals surface area contributed by atoms with Crippen molar-refractivity contribution in [2.45, 2.75) is 33.1 Å². The molecule has 1 aliphatic heterocycles. The fourth-order valence-corrected chi connectivity index (χ4v) is 3.52. The Labute approximate surface area is 173 Å². The highest BCUT2D eigenvalue weighted by atomic mass is 16.5. The number of piperazine rings is 1. The van der Waals surface area contributed by atoms with Crippen molar-refractivity contribution in [3.8, 4) is 5.75 Å². The number of carbonyl (C=O) groups excluding carboxylic acids is 2. The van der Waals surface area contributed by atoms with Gasteiger partial charge in [0.2, 0.25) is 0 Å². The minimum absolute atomic E-state index is 0.0283. The molecule has 0 unspecified atom stereocenters. The van der Waals surface area contributed by atoms with Gasteiger partial charge < -0.3 is 14.5 Å². The maximum atomic E-state index is 12.7. The monoisotopic (exact) mass is 394 g/mol. The SMILES string of the molecule is CCc1ccccc1OCC(=O)N1CCN(C(=O)c2ccc(C(C)C)cc2)CC1. The lowest BCUT2D eigenvalue weighted by molar-refractivity contribution is -0.134. The van der Waals surface area contributed by atoms with Gasteiger partial charge in [0.05, 0.1) is 0 Å². The second-order valence-corrected chi connectivity index (χ2v) is 7.70. The van der Waals surface area contributed by atoms with Gasteiger partial charge in [-0.3, -0.25) is 9.59 Å². The first-order valence-electron chi connectivity index (χ1n) is 10.4. The third-order valence-corrected chi connectivity index (χ3v) is 5.45. The van der Waals surface area contributed by atoms with E-state index in [0.29, 0.717) is 37.7 Å². The number of rotatable bonds is 6. The molecule has 1 aliphatic rings. The minimum Gasteiger partial charge on any atom is -0.483 e. The fraction of sp³-hybridized carbons (Fsp3) is 0.417. The van der Waals surface area contributed by atoms with Gasteiger partial charge in [0, 0.05) is 31.7 Å². The number of hydrogen-bond acceptors (Lipinski definition) is 3. The zero-order chi connectivity index (χ0) is 20.8. The smallest absolute Gasteiger partial charge is 0.260 e. The molecule has 0 saturated carbocycles. The standard InChI is InChI=1S/C24H30N2O3/c1-4-19-7-5-6-8-22(19)29-17-23(27)25-13-15-26(16-14-25)24(28)21-11-9-20(10-12-21)18(2)3/h5-12,18H,4,13-17H2,1-3H3. The highest BCUT2D eigenvalue weighted by molar-refractivity contribution is 5.94.